The van der Waals surface area contributed by atoms with E-state index in [1.54, 1.807) is 0 Å². The molecule has 0 fully saturated rings. The van der Waals surface area contributed by atoms with Gasteiger partial charge in [0.05, 0.1) is 5.69 Å². The molecule has 0 spiro atoms. The van der Waals surface area contributed by atoms with E-state index < -0.39 is 0 Å². The third kappa shape index (κ3) is 3.20. The standard InChI is InChI=1S/C17H14N4OS/c1-11-5-3-4-6-13(11)16-21-14-8-7-12(9-15(14)22-16)20-17(23-2)19-10-18/h3-9H,1-2H3,(H,19,20). The summed E-state index contributed by atoms with van der Waals surface area (Å²) < 4.78 is 5.88. The van der Waals surface area contributed by atoms with Crippen LogP contribution in [0.1, 0.15) is 5.56 Å². The summed E-state index contributed by atoms with van der Waals surface area (Å²) in [7, 11) is 0. The van der Waals surface area contributed by atoms with Crippen LogP contribution in [0.2, 0.25) is 0 Å². The van der Waals surface area contributed by atoms with Gasteiger partial charge in [0, 0.05) is 11.6 Å². The van der Waals surface area contributed by atoms with E-state index in [1.165, 1.54) is 11.8 Å². The molecule has 5 nitrogen and oxygen atoms in total. The number of aliphatic imine (C=N–C) groups is 1. The first-order valence-electron chi connectivity index (χ1n) is 6.95. The lowest BCUT2D eigenvalue weighted by atomic mass is 10.1. The van der Waals surface area contributed by atoms with Crippen molar-refractivity contribution < 1.29 is 4.42 Å². The molecule has 114 valence electrons. The van der Waals surface area contributed by atoms with Crippen LogP contribution in [0.15, 0.2) is 51.9 Å². The van der Waals surface area contributed by atoms with Crippen molar-refractivity contribution in [2.45, 2.75) is 6.92 Å². The van der Waals surface area contributed by atoms with Crippen LogP contribution >= 0.6 is 11.8 Å². The van der Waals surface area contributed by atoms with Crippen molar-refractivity contribution in [2.24, 2.45) is 4.99 Å². The van der Waals surface area contributed by atoms with Crippen LogP contribution < -0.4 is 5.32 Å². The molecule has 0 saturated heterocycles. The zero-order valence-electron chi connectivity index (χ0n) is 12.7. The van der Waals surface area contributed by atoms with Gasteiger partial charge in [-0.15, -0.1) is 0 Å². The first kappa shape index (κ1) is 15.1. The second kappa shape index (κ2) is 6.55. The molecule has 0 bridgehead atoms. The maximum atomic E-state index is 8.69. The number of hydrogen-bond donors (Lipinski definition) is 1. The Balaban J connectivity index is 2.02. The first-order valence-corrected chi connectivity index (χ1v) is 8.18. The topological polar surface area (TPSA) is 74.2 Å². The molecule has 0 unspecified atom stereocenters. The maximum Gasteiger partial charge on any atom is 0.227 e. The lowest BCUT2D eigenvalue weighted by molar-refractivity contribution is 0.619. The summed E-state index contributed by atoms with van der Waals surface area (Å²) in [4.78, 5) is 8.91. The van der Waals surface area contributed by atoms with E-state index >= 15 is 0 Å². The molecule has 0 atom stereocenters. The Kier molecular flexibility index (Phi) is 4.31. The molecule has 0 aliphatic carbocycles. The number of nitriles is 1. The van der Waals surface area contributed by atoms with E-state index in [1.807, 2.05) is 61.8 Å². The molecule has 0 amide bonds. The summed E-state index contributed by atoms with van der Waals surface area (Å²) in [6, 6.07) is 13.5. The summed E-state index contributed by atoms with van der Waals surface area (Å²) in [5, 5.41) is 11.8. The smallest absolute Gasteiger partial charge is 0.227 e. The Hall–Kier alpha value is -2.78. The van der Waals surface area contributed by atoms with Gasteiger partial charge in [0.15, 0.2) is 16.9 Å². The fourth-order valence-corrected chi connectivity index (χ4v) is 2.55. The van der Waals surface area contributed by atoms with Gasteiger partial charge in [0.2, 0.25) is 5.89 Å². The number of aromatic nitrogens is 1. The number of amidine groups is 1. The van der Waals surface area contributed by atoms with Gasteiger partial charge in [-0.2, -0.15) is 5.26 Å². The summed E-state index contributed by atoms with van der Waals surface area (Å²) >= 11 is 1.37. The number of oxazole rings is 1. The molecule has 2 aromatic carbocycles. The molecule has 3 aromatic rings. The van der Waals surface area contributed by atoms with Crippen molar-refractivity contribution in [2.75, 3.05) is 6.26 Å². The number of nitrogens with one attached hydrogen (secondary N) is 1. The number of fused-ring (bicyclic) bond motifs is 1. The fraction of sp³-hybridized carbons (Fsp3) is 0.118. The van der Waals surface area contributed by atoms with Gasteiger partial charge in [0.1, 0.15) is 5.52 Å². The van der Waals surface area contributed by atoms with Crippen LogP contribution in [0.4, 0.5) is 5.69 Å². The SMILES string of the molecule is CSC(=Nc1ccc2nc(-c3ccccc3C)oc2c1)NC#N. The molecule has 1 heterocycles. The van der Waals surface area contributed by atoms with Crippen LogP contribution in [-0.2, 0) is 0 Å². The van der Waals surface area contributed by atoms with Crippen molar-refractivity contribution >= 4 is 33.7 Å². The molecule has 23 heavy (non-hydrogen) atoms. The highest BCUT2D eigenvalue weighted by molar-refractivity contribution is 8.13. The number of rotatable bonds is 2. The van der Waals surface area contributed by atoms with Gasteiger partial charge in [-0.1, -0.05) is 30.0 Å². The van der Waals surface area contributed by atoms with Gasteiger partial charge in [-0.05, 0) is 36.9 Å². The monoisotopic (exact) mass is 322 g/mol. The Labute approximate surface area is 138 Å². The van der Waals surface area contributed by atoms with Crippen LogP contribution in [-0.4, -0.2) is 16.4 Å². The van der Waals surface area contributed by atoms with Crippen molar-refractivity contribution in [3.63, 3.8) is 0 Å². The van der Waals surface area contributed by atoms with Crippen molar-refractivity contribution in [1.29, 1.82) is 5.26 Å². The van der Waals surface area contributed by atoms with Gasteiger partial charge >= 0.3 is 0 Å². The molecular formula is C17H14N4OS. The van der Waals surface area contributed by atoms with Crippen LogP contribution in [0.25, 0.3) is 22.6 Å². The Morgan fingerprint density at radius 2 is 2.13 bits per heavy atom. The predicted molar refractivity (Wildman–Crippen MR) is 93.5 cm³/mol. The molecular weight excluding hydrogens is 308 g/mol. The molecule has 3 rings (SSSR count). The quantitative estimate of drug-likeness (QED) is 0.331. The normalized spacial score (nSPS) is 11.4. The highest BCUT2D eigenvalue weighted by atomic mass is 32.2. The van der Waals surface area contributed by atoms with Crippen molar-refractivity contribution in [1.82, 2.24) is 10.3 Å². The van der Waals surface area contributed by atoms with E-state index in [0.29, 0.717) is 22.3 Å². The molecule has 0 saturated carbocycles. The molecule has 1 N–H and O–H groups in total. The minimum Gasteiger partial charge on any atom is -0.436 e. The highest BCUT2D eigenvalue weighted by Crippen LogP contribution is 2.29. The Morgan fingerprint density at radius 3 is 2.87 bits per heavy atom. The molecule has 0 radical (unpaired) electrons. The van der Waals surface area contributed by atoms with Gasteiger partial charge < -0.3 is 4.42 Å². The van der Waals surface area contributed by atoms with Crippen LogP contribution in [0.3, 0.4) is 0 Å². The van der Waals surface area contributed by atoms with E-state index in [0.717, 1.165) is 16.6 Å². The number of aryl methyl sites for hydroxylation is 1. The third-order valence-corrected chi connectivity index (χ3v) is 3.91. The minimum atomic E-state index is 0.533. The van der Waals surface area contributed by atoms with E-state index in [4.69, 9.17) is 9.68 Å². The second-order valence-electron chi connectivity index (χ2n) is 4.84. The summed E-state index contributed by atoms with van der Waals surface area (Å²) in [5.74, 6) is 0.597. The largest absolute Gasteiger partial charge is 0.436 e. The predicted octanol–water partition coefficient (Wildman–Crippen LogP) is 4.22. The number of benzene rings is 2. The molecule has 0 aliphatic heterocycles. The minimum absolute atomic E-state index is 0.533. The Bertz CT molecular complexity index is 924. The third-order valence-electron chi connectivity index (χ3n) is 3.33. The van der Waals surface area contributed by atoms with Gasteiger partial charge in [-0.25, -0.2) is 9.98 Å². The number of nitrogens with zero attached hydrogens (tertiary/aromatic N) is 3. The number of hydrogen-bond acceptors (Lipinski definition) is 5. The molecule has 0 aliphatic rings. The highest BCUT2D eigenvalue weighted by Gasteiger charge is 2.10. The fourth-order valence-electron chi connectivity index (χ4n) is 2.20. The maximum absolute atomic E-state index is 8.69. The number of thioether (sulfide) groups is 1. The molecule has 6 heteroatoms. The van der Waals surface area contributed by atoms with Crippen molar-refractivity contribution in [3.8, 4) is 17.6 Å². The lowest BCUT2D eigenvalue weighted by Crippen LogP contribution is -2.12. The average molecular weight is 322 g/mol. The Morgan fingerprint density at radius 1 is 1.30 bits per heavy atom. The van der Waals surface area contributed by atoms with E-state index in [2.05, 4.69) is 15.3 Å². The van der Waals surface area contributed by atoms with Crippen LogP contribution in [0, 0.1) is 18.4 Å². The first-order chi connectivity index (χ1) is 11.2. The summed E-state index contributed by atoms with van der Waals surface area (Å²) in [6.07, 6.45) is 3.72. The van der Waals surface area contributed by atoms with E-state index in [-0.39, 0.29) is 0 Å². The van der Waals surface area contributed by atoms with Gasteiger partial charge in [-0.3, -0.25) is 5.32 Å². The average Bonchev–Trinajstić information content (AvgIpc) is 2.97. The van der Waals surface area contributed by atoms with Gasteiger partial charge in [0.25, 0.3) is 0 Å². The zero-order chi connectivity index (χ0) is 16.2. The lowest BCUT2D eigenvalue weighted by Gasteiger charge is -1.99. The summed E-state index contributed by atoms with van der Waals surface area (Å²) in [5.41, 5.74) is 4.24. The zero-order valence-corrected chi connectivity index (χ0v) is 13.5. The van der Waals surface area contributed by atoms with Crippen LogP contribution in [0.5, 0.6) is 0 Å². The van der Waals surface area contributed by atoms with E-state index in [9.17, 15) is 0 Å². The summed E-state index contributed by atoms with van der Waals surface area (Å²) in [6.45, 7) is 2.03. The second-order valence-corrected chi connectivity index (χ2v) is 5.64. The van der Waals surface area contributed by atoms with Crippen molar-refractivity contribution in [3.05, 3.63) is 48.0 Å². The molecule has 1 aromatic heterocycles.